The molecule has 11 nitrogen and oxygen atoms in total. The van der Waals surface area contributed by atoms with Crippen LogP contribution >= 0.6 is 11.3 Å². The van der Waals surface area contributed by atoms with E-state index in [0.29, 0.717) is 19.0 Å². The number of sulfonamides is 1. The third kappa shape index (κ3) is 6.28. The Hall–Kier alpha value is -2.48. The zero-order valence-corrected chi connectivity index (χ0v) is 20.3. The minimum absolute atomic E-state index is 0.0299. The van der Waals surface area contributed by atoms with E-state index in [1.165, 1.54) is 29.8 Å². The van der Waals surface area contributed by atoms with Crippen molar-refractivity contribution in [3.05, 3.63) is 17.0 Å². The summed E-state index contributed by atoms with van der Waals surface area (Å²) in [5, 5.41) is 5.54. The van der Waals surface area contributed by atoms with Crippen LogP contribution in [0, 0.1) is 0 Å². The van der Waals surface area contributed by atoms with Crippen molar-refractivity contribution in [2.45, 2.75) is 11.8 Å². The number of hydrogen-bond acceptors (Lipinski definition) is 10. The molecule has 0 radical (unpaired) electrons. The number of piperazine rings is 1. The molecule has 1 aliphatic rings. The number of amides is 1. The second-order valence-electron chi connectivity index (χ2n) is 7.76. The Morgan fingerprint density at radius 2 is 1.97 bits per heavy atom. The van der Waals surface area contributed by atoms with Crippen molar-refractivity contribution in [3.63, 3.8) is 0 Å². The van der Waals surface area contributed by atoms with Crippen LogP contribution < -0.4 is 19.7 Å². The molecule has 2 N–H and O–H groups in total. The van der Waals surface area contributed by atoms with Gasteiger partial charge in [0.15, 0.2) is 11.6 Å². The number of likely N-dealkylation sites (N-methyl/N-ethyl adjacent to an activating group) is 2. The van der Waals surface area contributed by atoms with Gasteiger partial charge in [-0.25, -0.2) is 13.4 Å². The molecule has 0 atom stereocenters. The molecule has 0 bridgehead atoms. The fourth-order valence-corrected chi connectivity index (χ4v) is 5.31. The van der Waals surface area contributed by atoms with Crippen LogP contribution in [0.25, 0.3) is 0 Å². The summed E-state index contributed by atoms with van der Waals surface area (Å²) in [7, 11) is 1.96. The molecule has 2 aromatic rings. The molecule has 0 saturated carbocycles. The standard InChI is InChI=1S/C19H29N7O4S2/c1-14(27)21-15-12-31-13-16(15)32(28,29)23-17-11-20-18(26-7-5-25(4)6-8-26)19(22-17)30-10-9-24(2)3/h11-13H,5-10H2,1-4H3,(H,21,27)(H,22,23). The fraction of sp³-hybridized carbons (Fsp3) is 0.526. The molecule has 176 valence electrons. The lowest BCUT2D eigenvalue weighted by atomic mass is 10.3. The summed E-state index contributed by atoms with van der Waals surface area (Å²) in [4.78, 5) is 26.5. The van der Waals surface area contributed by atoms with Crippen LogP contribution in [-0.4, -0.2) is 94.6 Å². The Balaban J connectivity index is 1.85. The topological polar surface area (TPSA) is 120 Å². The zero-order chi connectivity index (χ0) is 23.3. The maximum absolute atomic E-state index is 12.9. The van der Waals surface area contributed by atoms with Gasteiger partial charge in [-0.05, 0) is 21.1 Å². The highest BCUT2D eigenvalue weighted by Gasteiger charge is 2.24. The Morgan fingerprint density at radius 3 is 2.62 bits per heavy atom. The van der Waals surface area contributed by atoms with Gasteiger partial charge in [-0.2, -0.15) is 4.98 Å². The van der Waals surface area contributed by atoms with Gasteiger partial charge >= 0.3 is 0 Å². The van der Waals surface area contributed by atoms with Gasteiger partial charge in [0.05, 0.1) is 11.9 Å². The number of anilines is 3. The molecule has 3 rings (SSSR count). The van der Waals surface area contributed by atoms with Crippen LogP contribution in [0.2, 0.25) is 0 Å². The van der Waals surface area contributed by atoms with Crippen LogP contribution in [0.4, 0.5) is 17.3 Å². The molecule has 0 spiro atoms. The van der Waals surface area contributed by atoms with Crippen molar-refractivity contribution in [1.82, 2.24) is 19.8 Å². The molecular weight excluding hydrogens is 454 g/mol. The largest absolute Gasteiger partial charge is 0.474 e. The maximum Gasteiger partial charge on any atom is 0.266 e. The van der Waals surface area contributed by atoms with Gasteiger partial charge in [-0.15, -0.1) is 11.3 Å². The molecule has 2 aromatic heterocycles. The Morgan fingerprint density at radius 1 is 1.25 bits per heavy atom. The highest BCUT2D eigenvalue weighted by atomic mass is 32.2. The summed E-state index contributed by atoms with van der Waals surface area (Å²) in [5.74, 6) is 0.564. The average molecular weight is 484 g/mol. The third-order valence-electron chi connectivity index (χ3n) is 4.77. The van der Waals surface area contributed by atoms with Crippen LogP contribution in [0.15, 0.2) is 21.9 Å². The molecule has 1 saturated heterocycles. The van der Waals surface area contributed by atoms with Crippen molar-refractivity contribution < 1.29 is 17.9 Å². The van der Waals surface area contributed by atoms with Gasteiger partial charge in [0.2, 0.25) is 5.91 Å². The van der Waals surface area contributed by atoms with Crippen LogP contribution in [0.5, 0.6) is 5.88 Å². The molecule has 13 heteroatoms. The first-order chi connectivity index (χ1) is 15.2. The highest BCUT2D eigenvalue weighted by molar-refractivity contribution is 7.93. The lowest BCUT2D eigenvalue weighted by molar-refractivity contribution is -0.114. The SMILES string of the molecule is CC(=O)Nc1cscc1S(=O)(=O)Nc1cnc(N2CCN(C)CC2)c(OCCN(C)C)n1. The van der Waals surface area contributed by atoms with Crippen LogP contribution in [-0.2, 0) is 14.8 Å². The number of rotatable bonds is 9. The number of hydrogen-bond donors (Lipinski definition) is 2. The Kier molecular flexibility index (Phi) is 7.87. The lowest BCUT2D eigenvalue weighted by Gasteiger charge is -2.33. The van der Waals surface area contributed by atoms with Crippen molar-refractivity contribution in [2.75, 3.05) is 75.4 Å². The Labute approximate surface area is 192 Å². The predicted octanol–water partition coefficient (Wildman–Crippen LogP) is 0.990. The number of carbonyl (C=O) groups is 1. The van der Waals surface area contributed by atoms with Gasteiger partial charge in [0, 0.05) is 50.4 Å². The van der Waals surface area contributed by atoms with E-state index in [1.807, 2.05) is 19.0 Å². The van der Waals surface area contributed by atoms with E-state index >= 15 is 0 Å². The molecule has 3 heterocycles. The minimum Gasteiger partial charge on any atom is -0.474 e. The average Bonchev–Trinajstić information content (AvgIpc) is 3.17. The van der Waals surface area contributed by atoms with Crippen molar-refractivity contribution >= 4 is 44.6 Å². The number of thiophene rings is 1. The monoisotopic (exact) mass is 483 g/mol. The number of nitrogens with one attached hydrogen (secondary N) is 2. The quantitative estimate of drug-likeness (QED) is 0.538. The fourth-order valence-electron chi connectivity index (χ4n) is 3.04. The summed E-state index contributed by atoms with van der Waals surface area (Å²) < 4.78 is 34.2. The molecule has 32 heavy (non-hydrogen) atoms. The van der Waals surface area contributed by atoms with E-state index in [4.69, 9.17) is 4.74 Å². The number of carbonyl (C=O) groups excluding carboxylic acids is 1. The van der Waals surface area contributed by atoms with Gasteiger partial charge < -0.3 is 24.8 Å². The number of ether oxygens (including phenoxy) is 1. The third-order valence-corrected chi connectivity index (χ3v) is 7.06. The van der Waals surface area contributed by atoms with Crippen molar-refractivity contribution in [2.24, 2.45) is 0 Å². The summed E-state index contributed by atoms with van der Waals surface area (Å²) >= 11 is 1.17. The summed E-state index contributed by atoms with van der Waals surface area (Å²) in [6.45, 7) is 5.70. The van der Waals surface area contributed by atoms with E-state index in [2.05, 4.69) is 36.9 Å². The predicted molar refractivity (Wildman–Crippen MR) is 125 cm³/mol. The molecule has 0 aliphatic carbocycles. The van der Waals surface area contributed by atoms with Gasteiger partial charge in [0.1, 0.15) is 11.5 Å². The summed E-state index contributed by atoms with van der Waals surface area (Å²) in [6.07, 6.45) is 1.38. The van der Waals surface area contributed by atoms with Crippen LogP contribution in [0.3, 0.4) is 0 Å². The first-order valence-corrected chi connectivity index (χ1v) is 12.5. The second kappa shape index (κ2) is 10.4. The normalized spacial score (nSPS) is 15.1. The lowest BCUT2D eigenvalue weighted by Crippen LogP contribution is -2.45. The van der Waals surface area contributed by atoms with Gasteiger partial charge in [0.25, 0.3) is 15.9 Å². The van der Waals surface area contributed by atoms with Gasteiger partial charge in [-0.1, -0.05) is 0 Å². The van der Waals surface area contributed by atoms with E-state index in [1.54, 1.807) is 5.38 Å². The van der Waals surface area contributed by atoms with Crippen molar-refractivity contribution in [1.29, 1.82) is 0 Å². The minimum atomic E-state index is -3.98. The first kappa shape index (κ1) is 24.2. The second-order valence-corrected chi connectivity index (χ2v) is 10.2. The molecule has 0 aromatic carbocycles. The Bertz CT molecular complexity index is 1030. The molecule has 1 amide bonds. The maximum atomic E-state index is 12.9. The van der Waals surface area contributed by atoms with Crippen molar-refractivity contribution in [3.8, 4) is 5.88 Å². The molecule has 0 unspecified atom stereocenters. The summed E-state index contributed by atoms with van der Waals surface area (Å²) in [6, 6.07) is 0. The molecule has 1 fully saturated rings. The van der Waals surface area contributed by atoms with E-state index < -0.39 is 10.0 Å². The first-order valence-electron chi connectivity index (χ1n) is 10.1. The van der Waals surface area contributed by atoms with E-state index in [-0.39, 0.29) is 28.2 Å². The summed E-state index contributed by atoms with van der Waals surface area (Å²) in [5.41, 5.74) is 0.222. The van der Waals surface area contributed by atoms with E-state index in [9.17, 15) is 13.2 Å². The zero-order valence-electron chi connectivity index (χ0n) is 18.7. The van der Waals surface area contributed by atoms with E-state index in [0.717, 1.165) is 26.2 Å². The highest BCUT2D eigenvalue weighted by Crippen LogP contribution is 2.30. The molecule has 1 aliphatic heterocycles. The smallest absolute Gasteiger partial charge is 0.266 e. The number of nitrogens with zero attached hydrogens (tertiary/aromatic N) is 5. The van der Waals surface area contributed by atoms with Crippen LogP contribution in [0.1, 0.15) is 6.92 Å². The molecular formula is C19H29N7O4S2. The number of aromatic nitrogens is 2. The van der Waals surface area contributed by atoms with Gasteiger partial charge in [-0.3, -0.25) is 9.52 Å².